The van der Waals surface area contributed by atoms with E-state index in [9.17, 15) is 14.4 Å². The number of nitrogens with one attached hydrogen (secondary N) is 3. The number of piperidine rings is 1. The molecule has 3 amide bonds. The maximum atomic E-state index is 13.1. The van der Waals surface area contributed by atoms with Gasteiger partial charge in [0.2, 0.25) is 11.8 Å². The number of fused-ring (bicyclic) bond motifs is 4. The summed E-state index contributed by atoms with van der Waals surface area (Å²) in [5, 5.41) is 8.18. The fourth-order valence-corrected chi connectivity index (χ4v) is 7.52. The van der Waals surface area contributed by atoms with Crippen molar-refractivity contribution >= 4 is 45.2 Å². The molecule has 1 atom stereocenters. The number of ether oxygens (including phenoxy) is 3. The van der Waals surface area contributed by atoms with Gasteiger partial charge in [-0.2, -0.15) is 0 Å². The van der Waals surface area contributed by atoms with E-state index in [1.165, 1.54) is 0 Å². The van der Waals surface area contributed by atoms with E-state index in [0.717, 1.165) is 77.1 Å². The number of aromatic nitrogens is 3. The van der Waals surface area contributed by atoms with Crippen LogP contribution in [0, 0.1) is 0 Å². The number of carbonyl (C=O) groups excluding carboxylic acids is 3. The van der Waals surface area contributed by atoms with Crippen LogP contribution in [0.5, 0.6) is 5.88 Å². The summed E-state index contributed by atoms with van der Waals surface area (Å²) in [7, 11) is 0. The smallest absolute Gasteiger partial charge is 0.262 e. The van der Waals surface area contributed by atoms with Gasteiger partial charge in [-0.25, -0.2) is 4.98 Å². The summed E-state index contributed by atoms with van der Waals surface area (Å²) in [4.78, 5) is 56.7. The molecule has 0 saturated carbocycles. The zero-order chi connectivity index (χ0) is 38.4. The Hall–Kier alpha value is -5.67. The Balaban J connectivity index is 0.662. The van der Waals surface area contributed by atoms with Gasteiger partial charge in [0, 0.05) is 109 Å². The van der Waals surface area contributed by atoms with Crippen molar-refractivity contribution < 1.29 is 28.6 Å². The second-order valence-corrected chi connectivity index (χ2v) is 14.3. The van der Waals surface area contributed by atoms with Crippen LogP contribution in [0.25, 0.3) is 32.9 Å². The molecule has 2 saturated heterocycles. The number of carbonyl (C=O) groups is 3. The lowest BCUT2D eigenvalue weighted by molar-refractivity contribution is -0.125. The van der Waals surface area contributed by atoms with E-state index in [4.69, 9.17) is 14.2 Å². The number of amides is 3. The number of piperazine rings is 1. The van der Waals surface area contributed by atoms with Gasteiger partial charge in [-0.15, -0.1) is 0 Å². The predicted molar refractivity (Wildman–Crippen MR) is 213 cm³/mol. The first-order valence-corrected chi connectivity index (χ1v) is 19.2. The highest BCUT2D eigenvalue weighted by Crippen LogP contribution is 2.31. The van der Waals surface area contributed by atoms with E-state index in [1.807, 2.05) is 24.5 Å². The second-order valence-electron chi connectivity index (χ2n) is 14.3. The molecule has 3 N–H and O–H groups in total. The normalized spacial score (nSPS) is 17.9. The lowest BCUT2D eigenvalue weighted by Gasteiger charge is -2.34. The summed E-state index contributed by atoms with van der Waals surface area (Å²) in [6.07, 6.45) is 6.46. The molecule has 0 spiro atoms. The minimum Gasteiger partial charge on any atom is -0.476 e. The van der Waals surface area contributed by atoms with Gasteiger partial charge < -0.3 is 29.8 Å². The summed E-state index contributed by atoms with van der Waals surface area (Å²) in [6.45, 7) is 12.7. The summed E-state index contributed by atoms with van der Waals surface area (Å²) >= 11 is 0. The number of imide groups is 1. The molecule has 3 aromatic heterocycles. The van der Waals surface area contributed by atoms with Crippen molar-refractivity contribution in [2.45, 2.75) is 18.9 Å². The van der Waals surface area contributed by atoms with Crippen LogP contribution < -0.4 is 15.4 Å². The highest BCUT2D eigenvalue weighted by Gasteiger charge is 2.44. The number of anilines is 1. The van der Waals surface area contributed by atoms with Gasteiger partial charge >= 0.3 is 0 Å². The second kappa shape index (κ2) is 17.0. The van der Waals surface area contributed by atoms with Crippen LogP contribution in [0.3, 0.4) is 0 Å². The van der Waals surface area contributed by atoms with Crippen LogP contribution in [0.15, 0.2) is 85.5 Å². The maximum Gasteiger partial charge on any atom is 0.262 e. The zero-order valence-electron chi connectivity index (χ0n) is 31.3. The fourth-order valence-electron chi connectivity index (χ4n) is 7.52. The Kier molecular flexibility index (Phi) is 11.3. The quantitative estimate of drug-likeness (QED) is 0.0975. The van der Waals surface area contributed by atoms with Crippen molar-refractivity contribution in [2.24, 2.45) is 0 Å². The molecule has 0 aliphatic carbocycles. The molecule has 2 fully saturated rings. The molecule has 0 radical (unpaired) electrons. The summed E-state index contributed by atoms with van der Waals surface area (Å²) in [6, 6.07) is 16.6. The number of H-pyrrole nitrogens is 1. The van der Waals surface area contributed by atoms with Crippen LogP contribution in [-0.2, 0) is 14.3 Å². The number of nitrogens with zero attached hydrogens (tertiary/aromatic N) is 5. The molecule has 5 aromatic rings. The Morgan fingerprint density at radius 3 is 2.32 bits per heavy atom. The number of rotatable bonds is 16. The number of hydrogen-bond acceptors (Lipinski definition) is 11. The van der Waals surface area contributed by atoms with Crippen molar-refractivity contribution in [3.8, 4) is 17.0 Å². The SMILES string of the molecule is C=C1CCC(N2C(=O)c3ccc(NCCOCCOCCN4CCN(CCOc5ccc(-c6ccc7c(c6)[nH]c6ccncc67)cn5)CC4)cc3C2=O)C(=O)N1. The standard InChI is InChI=1S/C42H46N8O6/c1-28-2-8-38(40(51)46-28)50-41(52)33-7-5-31(25-34(33)42(50)53)44-12-19-54-22-23-55-20-17-48-13-15-49(16-14-48)18-21-56-39-9-4-30(26-45-39)29-3-6-32-35-27-43-11-10-36(35)47-37(32)24-29/h3-7,9-11,24-27,38,44,47H,1-2,8,12-23H2,(H,46,51). The summed E-state index contributed by atoms with van der Waals surface area (Å²) < 4.78 is 17.5. The average Bonchev–Trinajstić information content (AvgIpc) is 3.71. The molecule has 3 aliphatic heterocycles. The van der Waals surface area contributed by atoms with Gasteiger partial charge in [0.1, 0.15) is 12.6 Å². The van der Waals surface area contributed by atoms with E-state index in [1.54, 1.807) is 24.4 Å². The van der Waals surface area contributed by atoms with Gasteiger partial charge in [-0.05, 0) is 54.8 Å². The lowest BCUT2D eigenvalue weighted by atomic mass is 10.0. The zero-order valence-corrected chi connectivity index (χ0v) is 31.3. The highest BCUT2D eigenvalue weighted by atomic mass is 16.5. The third-order valence-electron chi connectivity index (χ3n) is 10.6. The van der Waals surface area contributed by atoms with E-state index < -0.39 is 17.9 Å². The van der Waals surface area contributed by atoms with Crippen LogP contribution in [0.4, 0.5) is 5.69 Å². The number of hydrogen-bond donors (Lipinski definition) is 3. The number of aromatic amines is 1. The van der Waals surface area contributed by atoms with Gasteiger partial charge in [-0.3, -0.25) is 34.1 Å². The first kappa shape index (κ1) is 37.3. The molecule has 14 heteroatoms. The molecule has 14 nitrogen and oxygen atoms in total. The van der Waals surface area contributed by atoms with Crippen LogP contribution in [0.2, 0.25) is 0 Å². The predicted octanol–water partition coefficient (Wildman–Crippen LogP) is 4.31. The monoisotopic (exact) mass is 758 g/mol. The van der Waals surface area contributed by atoms with Crippen molar-refractivity contribution in [2.75, 3.05) is 84.2 Å². The topological polar surface area (TPSA) is 154 Å². The minimum atomic E-state index is -0.824. The van der Waals surface area contributed by atoms with Crippen LogP contribution in [0.1, 0.15) is 33.6 Å². The van der Waals surface area contributed by atoms with E-state index in [0.29, 0.717) is 80.8 Å². The molecular formula is C42H46N8O6. The fraction of sp³-hybridized carbons (Fsp3) is 0.357. The van der Waals surface area contributed by atoms with E-state index in [-0.39, 0.29) is 5.91 Å². The van der Waals surface area contributed by atoms with Crippen molar-refractivity contribution in [1.82, 2.24) is 35.0 Å². The van der Waals surface area contributed by atoms with Gasteiger partial charge in [-0.1, -0.05) is 18.7 Å². The molecule has 6 heterocycles. The number of allylic oxidation sites excluding steroid dienone is 1. The minimum absolute atomic E-state index is 0.299. The molecule has 1 unspecified atom stereocenters. The van der Waals surface area contributed by atoms with Crippen LogP contribution in [-0.4, -0.2) is 132 Å². The summed E-state index contributed by atoms with van der Waals surface area (Å²) in [5.74, 6) is -0.638. The molecule has 2 aromatic carbocycles. The third kappa shape index (κ3) is 8.28. The van der Waals surface area contributed by atoms with Gasteiger partial charge in [0.05, 0.1) is 37.6 Å². The first-order valence-electron chi connectivity index (χ1n) is 19.2. The number of benzene rings is 2. The Morgan fingerprint density at radius 1 is 0.768 bits per heavy atom. The van der Waals surface area contributed by atoms with Crippen molar-refractivity contribution in [1.29, 1.82) is 0 Å². The molecule has 290 valence electrons. The highest BCUT2D eigenvalue weighted by molar-refractivity contribution is 6.23. The lowest BCUT2D eigenvalue weighted by Crippen LogP contribution is -2.51. The maximum absolute atomic E-state index is 13.1. The van der Waals surface area contributed by atoms with E-state index in [2.05, 4.69) is 66.2 Å². The van der Waals surface area contributed by atoms with E-state index >= 15 is 0 Å². The van der Waals surface area contributed by atoms with Gasteiger partial charge in [0.25, 0.3) is 11.8 Å². The molecule has 8 rings (SSSR count). The first-order chi connectivity index (χ1) is 27.4. The van der Waals surface area contributed by atoms with Crippen molar-refractivity contribution in [3.63, 3.8) is 0 Å². The Bertz CT molecular complexity index is 2230. The third-order valence-corrected chi connectivity index (χ3v) is 10.6. The van der Waals surface area contributed by atoms with Crippen molar-refractivity contribution in [3.05, 3.63) is 96.6 Å². The molecule has 56 heavy (non-hydrogen) atoms. The Labute approximate surface area is 324 Å². The molecule has 0 bridgehead atoms. The summed E-state index contributed by atoms with van der Waals surface area (Å²) in [5.41, 5.74) is 6.21. The molecule has 3 aliphatic rings. The number of pyridine rings is 2. The molecular weight excluding hydrogens is 713 g/mol. The van der Waals surface area contributed by atoms with Gasteiger partial charge in [0.15, 0.2) is 0 Å². The van der Waals surface area contributed by atoms with Crippen LogP contribution >= 0.6 is 0 Å². The Morgan fingerprint density at radius 2 is 1.54 bits per heavy atom. The average molecular weight is 759 g/mol. The largest absolute Gasteiger partial charge is 0.476 e.